The molecule has 1 aromatic heterocycles. The molecule has 2 aromatic carbocycles. The van der Waals surface area contributed by atoms with Crippen LogP contribution in [0.15, 0.2) is 59.0 Å². The number of aliphatic carboxylic acids is 1. The van der Waals surface area contributed by atoms with E-state index >= 15 is 0 Å². The molecule has 0 bridgehead atoms. The Balaban J connectivity index is 1.21. The van der Waals surface area contributed by atoms with Gasteiger partial charge in [-0.3, -0.25) is 4.79 Å². The minimum absolute atomic E-state index is 0.142. The number of carboxylic acid groups (broad SMARTS) is 1. The second kappa shape index (κ2) is 13.7. The van der Waals surface area contributed by atoms with E-state index in [-0.39, 0.29) is 12.7 Å². The van der Waals surface area contributed by atoms with Crippen molar-refractivity contribution in [1.82, 2.24) is 9.88 Å². The van der Waals surface area contributed by atoms with Crippen molar-refractivity contribution < 1.29 is 23.8 Å². The molecule has 1 saturated carbocycles. The maximum Gasteiger partial charge on any atom is 0.310 e. The van der Waals surface area contributed by atoms with Crippen molar-refractivity contribution in [2.45, 2.75) is 58.8 Å². The molecule has 1 fully saturated rings. The lowest BCUT2D eigenvalue weighted by atomic mass is 9.88. The third-order valence-corrected chi connectivity index (χ3v) is 7.20. The molecular weight excluding hydrogens is 480 g/mol. The van der Waals surface area contributed by atoms with Crippen LogP contribution in [0, 0.1) is 25.7 Å². The SMILES string of the molecule is Cc1cccc(-c2nc(CO[C@H]3CCC[C@@H](COCC(CN(C)Cc4ccccc4)C(=O)O)C3)c(C)o2)c1. The summed E-state index contributed by atoms with van der Waals surface area (Å²) >= 11 is 0. The number of hydrogen-bond donors (Lipinski definition) is 1. The molecule has 0 radical (unpaired) electrons. The third-order valence-electron chi connectivity index (χ3n) is 7.20. The number of hydrogen-bond acceptors (Lipinski definition) is 6. The predicted octanol–water partition coefficient (Wildman–Crippen LogP) is 5.88. The van der Waals surface area contributed by atoms with Gasteiger partial charge in [0.1, 0.15) is 11.5 Å². The number of nitrogens with zero attached hydrogens (tertiary/aromatic N) is 2. The van der Waals surface area contributed by atoms with Gasteiger partial charge >= 0.3 is 5.97 Å². The molecule has 38 heavy (non-hydrogen) atoms. The second-order valence-corrected chi connectivity index (χ2v) is 10.6. The summed E-state index contributed by atoms with van der Waals surface area (Å²) in [5.74, 6) is 0.405. The summed E-state index contributed by atoms with van der Waals surface area (Å²) in [6.07, 6.45) is 4.22. The molecule has 3 atom stereocenters. The first-order valence-corrected chi connectivity index (χ1v) is 13.6. The first-order chi connectivity index (χ1) is 18.4. The van der Waals surface area contributed by atoms with Gasteiger partial charge in [-0.05, 0) is 63.8 Å². The van der Waals surface area contributed by atoms with E-state index in [1.807, 2.05) is 49.2 Å². The Morgan fingerprint density at radius 2 is 1.97 bits per heavy atom. The minimum Gasteiger partial charge on any atom is -0.481 e. The Bertz CT molecular complexity index is 1160. The van der Waals surface area contributed by atoms with E-state index in [0.717, 1.165) is 42.7 Å². The maximum absolute atomic E-state index is 11.8. The molecule has 7 nitrogen and oxygen atoms in total. The molecule has 7 heteroatoms. The molecule has 3 aromatic rings. The van der Waals surface area contributed by atoms with Crippen molar-refractivity contribution in [3.63, 3.8) is 0 Å². The number of aromatic nitrogens is 1. The molecule has 1 unspecified atom stereocenters. The van der Waals surface area contributed by atoms with Crippen molar-refractivity contribution in [3.05, 3.63) is 77.2 Å². The van der Waals surface area contributed by atoms with Crippen molar-refractivity contribution in [2.75, 3.05) is 26.8 Å². The quantitative estimate of drug-likeness (QED) is 0.301. The summed E-state index contributed by atoms with van der Waals surface area (Å²) in [7, 11) is 1.95. The van der Waals surface area contributed by atoms with Gasteiger partial charge in [-0.15, -0.1) is 0 Å². The molecule has 0 aliphatic heterocycles. The minimum atomic E-state index is -0.817. The number of carbonyl (C=O) groups is 1. The van der Waals surface area contributed by atoms with Crippen LogP contribution < -0.4 is 0 Å². The van der Waals surface area contributed by atoms with E-state index < -0.39 is 11.9 Å². The Labute approximate surface area is 225 Å². The van der Waals surface area contributed by atoms with Gasteiger partial charge in [-0.25, -0.2) is 4.98 Å². The van der Waals surface area contributed by atoms with Crippen LogP contribution in [0.4, 0.5) is 0 Å². The van der Waals surface area contributed by atoms with E-state index in [2.05, 4.69) is 36.2 Å². The zero-order valence-corrected chi connectivity index (χ0v) is 22.8. The van der Waals surface area contributed by atoms with Crippen LogP contribution in [0.1, 0.15) is 48.3 Å². The van der Waals surface area contributed by atoms with Crippen molar-refractivity contribution in [2.24, 2.45) is 11.8 Å². The number of ether oxygens (including phenoxy) is 2. The highest BCUT2D eigenvalue weighted by atomic mass is 16.5. The van der Waals surface area contributed by atoms with E-state index in [9.17, 15) is 9.90 Å². The number of aryl methyl sites for hydroxylation is 2. The fourth-order valence-electron chi connectivity index (χ4n) is 5.12. The number of rotatable bonds is 13. The van der Waals surface area contributed by atoms with Crippen LogP contribution in [0.25, 0.3) is 11.5 Å². The topological polar surface area (TPSA) is 85.0 Å². The largest absolute Gasteiger partial charge is 0.481 e. The summed E-state index contributed by atoms with van der Waals surface area (Å²) in [4.78, 5) is 18.6. The lowest BCUT2D eigenvalue weighted by Crippen LogP contribution is -2.34. The summed E-state index contributed by atoms with van der Waals surface area (Å²) in [5.41, 5.74) is 4.14. The summed E-state index contributed by atoms with van der Waals surface area (Å²) < 4.78 is 18.1. The average Bonchev–Trinajstić information content (AvgIpc) is 3.28. The second-order valence-electron chi connectivity index (χ2n) is 10.6. The predicted molar refractivity (Wildman–Crippen MR) is 147 cm³/mol. The molecule has 0 saturated heterocycles. The standard InChI is InChI=1S/C31H40N2O5/c1-22-9-7-13-26(15-22)30-32-29(23(2)38-30)21-37-28-14-8-12-25(16-28)19-36-20-27(31(34)35)18-33(3)17-24-10-5-4-6-11-24/h4-7,9-11,13,15,25,27-28H,8,12,14,16-21H2,1-3H3,(H,34,35)/t25-,27?,28+/m1/s1. The van der Waals surface area contributed by atoms with Crippen molar-refractivity contribution in [3.8, 4) is 11.5 Å². The van der Waals surface area contributed by atoms with Gasteiger partial charge in [-0.1, -0.05) is 54.4 Å². The highest BCUT2D eigenvalue weighted by Gasteiger charge is 2.25. The zero-order chi connectivity index (χ0) is 26.9. The molecular formula is C31H40N2O5. The molecule has 1 heterocycles. The van der Waals surface area contributed by atoms with Crippen LogP contribution in [0.5, 0.6) is 0 Å². The zero-order valence-electron chi connectivity index (χ0n) is 22.8. The number of carboxylic acids is 1. The van der Waals surface area contributed by atoms with Gasteiger partial charge in [0.15, 0.2) is 0 Å². The highest BCUT2D eigenvalue weighted by molar-refractivity contribution is 5.70. The Morgan fingerprint density at radius 1 is 1.16 bits per heavy atom. The number of benzene rings is 2. The normalized spacial score (nSPS) is 18.5. The fraction of sp³-hybridized carbons (Fsp3) is 0.484. The lowest BCUT2D eigenvalue weighted by molar-refractivity contribution is -0.145. The molecule has 0 spiro atoms. The van der Waals surface area contributed by atoms with E-state index in [4.69, 9.17) is 13.9 Å². The molecule has 204 valence electrons. The molecule has 0 amide bonds. The average molecular weight is 521 g/mol. The fourth-order valence-corrected chi connectivity index (χ4v) is 5.12. The molecule has 1 aliphatic carbocycles. The van der Waals surface area contributed by atoms with Gasteiger partial charge < -0.3 is 23.9 Å². The summed E-state index contributed by atoms with van der Waals surface area (Å²) in [6, 6.07) is 18.2. The van der Waals surface area contributed by atoms with Crippen LogP contribution in [0.3, 0.4) is 0 Å². The van der Waals surface area contributed by atoms with Gasteiger partial charge in [0.2, 0.25) is 5.89 Å². The van der Waals surface area contributed by atoms with Crippen LogP contribution >= 0.6 is 0 Å². The van der Waals surface area contributed by atoms with Crippen LogP contribution in [-0.2, 0) is 27.4 Å². The van der Waals surface area contributed by atoms with E-state index in [1.54, 1.807) is 0 Å². The Kier molecular flexibility index (Phi) is 10.1. The van der Waals surface area contributed by atoms with E-state index in [0.29, 0.717) is 38.1 Å². The van der Waals surface area contributed by atoms with Crippen LogP contribution in [-0.4, -0.2) is 53.9 Å². The lowest BCUT2D eigenvalue weighted by Gasteiger charge is -2.29. The Morgan fingerprint density at radius 3 is 2.74 bits per heavy atom. The van der Waals surface area contributed by atoms with Crippen molar-refractivity contribution >= 4 is 5.97 Å². The smallest absolute Gasteiger partial charge is 0.310 e. The van der Waals surface area contributed by atoms with Gasteiger partial charge in [0.25, 0.3) is 0 Å². The number of oxazole rings is 1. The van der Waals surface area contributed by atoms with Gasteiger partial charge in [0.05, 0.1) is 25.2 Å². The third kappa shape index (κ3) is 8.25. The van der Waals surface area contributed by atoms with E-state index in [1.165, 1.54) is 11.1 Å². The molecule has 4 rings (SSSR count). The monoisotopic (exact) mass is 520 g/mol. The molecule has 1 aliphatic rings. The van der Waals surface area contributed by atoms with Gasteiger partial charge in [0, 0.05) is 25.3 Å². The van der Waals surface area contributed by atoms with Crippen molar-refractivity contribution in [1.29, 1.82) is 0 Å². The summed E-state index contributed by atoms with van der Waals surface area (Å²) in [5, 5.41) is 9.72. The first kappa shape index (κ1) is 28.0. The maximum atomic E-state index is 11.8. The highest BCUT2D eigenvalue weighted by Crippen LogP contribution is 2.29. The Hall–Kier alpha value is -3.00. The van der Waals surface area contributed by atoms with Gasteiger partial charge in [-0.2, -0.15) is 0 Å². The molecule has 1 N–H and O–H groups in total. The van der Waals surface area contributed by atoms with Crippen LogP contribution in [0.2, 0.25) is 0 Å². The summed E-state index contributed by atoms with van der Waals surface area (Å²) in [6.45, 7) is 6.35. The first-order valence-electron chi connectivity index (χ1n) is 13.6.